The van der Waals surface area contributed by atoms with Gasteiger partial charge < -0.3 is 15.1 Å². The monoisotopic (exact) mass is 339 g/mol. The number of benzene rings is 1. The molecule has 2 aliphatic heterocycles. The minimum Gasteiger partial charge on any atom is -0.336 e. The molecule has 124 valence electrons. The quantitative estimate of drug-likeness (QED) is 0.888. The van der Waals surface area contributed by atoms with Gasteiger partial charge in [-0.1, -0.05) is 11.6 Å². The molecule has 1 aromatic rings. The van der Waals surface area contributed by atoms with Crippen LogP contribution < -0.4 is 5.32 Å². The average Bonchev–Trinajstić information content (AvgIpc) is 2.57. The van der Waals surface area contributed by atoms with Gasteiger partial charge >= 0.3 is 0 Å². The second-order valence-corrected chi connectivity index (χ2v) is 6.37. The van der Waals surface area contributed by atoms with Gasteiger partial charge in [0.2, 0.25) is 5.91 Å². The number of hydrogen-bond acceptors (Lipinski definition) is 3. The molecule has 7 heteroatoms. The van der Waals surface area contributed by atoms with Gasteiger partial charge in [0.1, 0.15) is 5.82 Å². The molecule has 0 bridgehead atoms. The number of likely N-dealkylation sites (tertiary alicyclic amines) is 1. The van der Waals surface area contributed by atoms with Gasteiger partial charge in [0.15, 0.2) is 0 Å². The summed E-state index contributed by atoms with van der Waals surface area (Å²) in [6.07, 6.45) is 1.67. The summed E-state index contributed by atoms with van der Waals surface area (Å²) in [4.78, 5) is 28.1. The lowest BCUT2D eigenvalue weighted by molar-refractivity contribution is -0.135. The van der Waals surface area contributed by atoms with Crippen LogP contribution in [0.4, 0.5) is 4.39 Å². The maximum absolute atomic E-state index is 13.9. The van der Waals surface area contributed by atoms with Crippen molar-refractivity contribution in [1.82, 2.24) is 15.1 Å². The summed E-state index contributed by atoms with van der Waals surface area (Å²) >= 11 is 5.87. The molecule has 0 spiro atoms. The molecular weight excluding hydrogens is 321 g/mol. The van der Waals surface area contributed by atoms with Crippen molar-refractivity contribution in [3.8, 4) is 0 Å². The molecule has 2 amide bonds. The third kappa shape index (κ3) is 3.48. The number of rotatable bonds is 2. The predicted molar refractivity (Wildman–Crippen MR) is 84.9 cm³/mol. The van der Waals surface area contributed by atoms with Gasteiger partial charge in [-0.15, -0.1) is 0 Å². The normalized spacial score (nSPS) is 22.3. The molecule has 1 atom stereocenters. The van der Waals surface area contributed by atoms with Crippen molar-refractivity contribution in [1.29, 1.82) is 0 Å². The van der Waals surface area contributed by atoms with Gasteiger partial charge in [-0.25, -0.2) is 4.39 Å². The Labute approximate surface area is 139 Å². The number of nitrogens with zero attached hydrogens (tertiary/aromatic N) is 2. The molecular formula is C16H19ClFN3O2. The zero-order chi connectivity index (χ0) is 16.4. The lowest BCUT2D eigenvalue weighted by atomic mass is 10.0. The summed E-state index contributed by atoms with van der Waals surface area (Å²) in [5, 5.41) is 3.37. The van der Waals surface area contributed by atoms with E-state index in [2.05, 4.69) is 5.32 Å². The highest BCUT2D eigenvalue weighted by Crippen LogP contribution is 2.21. The van der Waals surface area contributed by atoms with E-state index in [0.29, 0.717) is 31.2 Å². The Balaban J connectivity index is 1.74. The summed E-state index contributed by atoms with van der Waals surface area (Å²) in [7, 11) is 0. The van der Waals surface area contributed by atoms with Crippen LogP contribution in [0.3, 0.4) is 0 Å². The van der Waals surface area contributed by atoms with E-state index in [-0.39, 0.29) is 23.4 Å². The smallest absolute Gasteiger partial charge is 0.256 e. The molecule has 1 unspecified atom stereocenters. The Morgan fingerprint density at radius 1 is 1.35 bits per heavy atom. The molecule has 2 heterocycles. The van der Waals surface area contributed by atoms with Crippen LogP contribution in [-0.2, 0) is 4.79 Å². The number of hydrogen-bond donors (Lipinski definition) is 1. The van der Waals surface area contributed by atoms with E-state index in [9.17, 15) is 14.0 Å². The second-order valence-electron chi connectivity index (χ2n) is 5.94. The average molecular weight is 340 g/mol. The molecule has 0 saturated carbocycles. The van der Waals surface area contributed by atoms with E-state index >= 15 is 0 Å². The van der Waals surface area contributed by atoms with Crippen molar-refractivity contribution in [3.63, 3.8) is 0 Å². The lowest BCUT2D eigenvalue weighted by Crippen LogP contribution is -2.57. The van der Waals surface area contributed by atoms with E-state index in [1.54, 1.807) is 4.90 Å². The van der Waals surface area contributed by atoms with Gasteiger partial charge in [0, 0.05) is 37.2 Å². The third-order valence-corrected chi connectivity index (χ3v) is 4.64. The maximum Gasteiger partial charge on any atom is 0.256 e. The first-order chi connectivity index (χ1) is 11.1. The molecule has 2 fully saturated rings. The second kappa shape index (κ2) is 6.84. The highest BCUT2D eigenvalue weighted by molar-refractivity contribution is 6.31. The fourth-order valence-corrected chi connectivity index (χ4v) is 3.40. The highest BCUT2D eigenvalue weighted by atomic mass is 35.5. The zero-order valence-corrected chi connectivity index (χ0v) is 13.5. The van der Waals surface area contributed by atoms with Crippen molar-refractivity contribution < 1.29 is 14.0 Å². The SMILES string of the molecule is O=C(c1cc(Cl)ccc1F)N1CCCC(N2CCNCC2=O)C1. The van der Waals surface area contributed by atoms with Crippen LogP contribution in [-0.4, -0.2) is 60.4 Å². The molecule has 2 saturated heterocycles. The van der Waals surface area contributed by atoms with E-state index in [0.717, 1.165) is 19.4 Å². The summed E-state index contributed by atoms with van der Waals surface area (Å²) in [6, 6.07) is 3.99. The van der Waals surface area contributed by atoms with Crippen LogP contribution in [0.5, 0.6) is 0 Å². The Kier molecular flexibility index (Phi) is 4.82. The van der Waals surface area contributed by atoms with Crippen molar-refractivity contribution in [2.75, 3.05) is 32.7 Å². The lowest BCUT2D eigenvalue weighted by Gasteiger charge is -2.41. The van der Waals surface area contributed by atoms with Crippen LogP contribution in [0, 0.1) is 5.82 Å². The van der Waals surface area contributed by atoms with Crippen molar-refractivity contribution >= 4 is 23.4 Å². The number of halogens is 2. The van der Waals surface area contributed by atoms with Gasteiger partial charge in [-0.05, 0) is 31.0 Å². The Morgan fingerprint density at radius 2 is 2.17 bits per heavy atom. The van der Waals surface area contributed by atoms with Gasteiger partial charge in [0.05, 0.1) is 12.1 Å². The van der Waals surface area contributed by atoms with Crippen LogP contribution in [0.2, 0.25) is 5.02 Å². The van der Waals surface area contributed by atoms with Crippen molar-refractivity contribution in [2.45, 2.75) is 18.9 Å². The largest absolute Gasteiger partial charge is 0.336 e. The van der Waals surface area contributed by atoms with Crippen LogP contribution >= 0.6 is 11.6 Å². The van der Waals surface area contributed by atoms with Crippen molar-refractivity contribution in [3.05, 3.63) is 34.6 Å². The fourth-order valence-electron chi connectivity index (χ4n) is 3.23. The topological polar surface area (TPSA) is 52.7 Å². The third-order valence-electron chi connectivity index (χ3n) is 4.41. The molecule has 1 N–H and O–H groups in total. The molecule has 0 radical (unpaired) electrons. The maximum atomic E-state index is 13.9. The Bertz CT molecular complexity index is 625. The molecule has 2 aliphatic rings. The van der Waals surface area contributed by atoms with Gasteiger partial charge in [-0.3, -0.25) is 9.59 Å². The van der Waals surface area contributed by atoms with Crippen LogP contribution in [0.1, 0.15) is 23.2 Å². The number of piperazine rings is 1. The summed E-state index contributed by atoms with van der Waals surface area (Å²) in [5.41, 5.74) is -0.00946. The van der Waals surface area contributed by atoms with E-state index in [1.807, 2.05) is 4.90 Å². The molecule has 3 rings (SSSR count). The number of amides is 2. The molecule has 1 aromatic carbocycles. The molecule has 0 aromatic heterocycles. The van der Waals surface area contributed by atoms with Crippen LogP contribution in [0.25, 0.3) is 0 Å². The van der Waals surface area contributed by atoms with E-state index in [4.69, 9.17) is 11.6 Å². The summed E-state index contributed by atoms with van der Waals surface area (Å²) < 4.78 is 13.9. The zero-order valence-electron chi connectivity index (χ0n) is 12.7. The minimum absolute atomic E-state index is 0.00421. The standard InChI is InChI=1S/C16H19ClFN3O2/c17-11-3-4-14(18)13(8-11)16(23)20-6-1-2-12(10-20)21-7-5-19-9-15(21)22/h3-4,8,12,19H,1-2,5-7,9-10H2. The molecule has 0 aliphatic carbocycles. The predicted octanol–water partition coefficient (Wildman–Crippen LogP) is 1.52. The molecule has 5 nitrogen and oxygen atoms in total. The Hall–Kier alpha value is -1.66. The first-order valence-corrected chi connectivity index (χ1v) is 8.18. The first kappa shape index (κ1) is 16.2. The summed E-state index contributed by atoms with van der Waals surface area (Å²) in [6.45, 7) is 2.77. The number of carbonyl (C=O) groups is 2. The van der Waals surface area contributed by atoms with Gasteiger partial charge in [-0.2, -0.15) is 0 Å². The van der Waals surface area contributed by atoms with E-state index < -0.39 is 5.82 Å². The van der Waals surface area contributed by atoms with E-state index in [1.165, 1.54) is 18.2 Å². The highest BCUT2D eigenvalue weighted by Gasteiger charge is 2.32. The fraction of sp³-hybridized carbons (Fsp3) is 0.500. The van der Waals surface area contributed by atoms with Gasteiger partial charge in [0.25, 0.3) is 5.91 Å². The summed E-state index contributed by atoms with van der Waals surface area (Å²) in [5.74, 6) is -0.874. The van der Waals surface area contributed by atoms with Crippen molar-refractivity contribution in [2.24, 2.45) is 0 Å². The first-order valence-electron chi connectivity index (χ1n) is 7.81. The Morgan fingerprint density at radius 3 is 2.96 bits per heavy atom. The minimum atomic E-state index is -0.570. The number of nitrogens with one attached hydrogen (secondary N) is 1. The number of piperidine rings is 1. The number of carbonyl (C=O) groups excluding carboxylic acids is 2. The van der Waals surface area contributed by atoms with Crippen LogP contribution in [0.15, 0.2) is 18.2 Å². The molecule has 23 heavy (non-hydrogen) atoms.